The van der Waals surface area contributed by atoms with Gasteiger partial charge in [0.05, 0.1) is 24.0 Å². The normalized spacial score (nSPS) is 18.8. The molecule has 0 radical (unpaired) electrons. The van der Waals surface area contributed by atoms with Gasteiger partial charge in [-0.3, -0.25) is 4.79 Å². The van der Waals surface area contributed by atoms with Crippen LogP contribution in [0, 0.1) is 5.92 Å². The summed E-state index contributed by atoms with van der Waals surface area (Å²) in [6.45, 7) is 3.50. The van der Waals surface area contributed by atoms with E-state index < -0.39 is 31.9 Å². The van der Waals surface area contributed by atoms with Crippen LogP contribution in [0.2, 0.25) is 0 Å². The molecule has 0 aromatic heterocycles. The number of anilines is 1. The standard InChI is InChI=1S/C19H22N2O6S2/c1-3-27-17-10-9-16(21-19(22)14(2)13-28(21,23)24)11-18(17)29(25,26)20-12-15-7-5-4-6-8-15/h4-11,14,20H,3,12-13H2,1-2H3. The third-order valence-corrected chi connectivity index (χ3v) is 7.71. The van der Waals surface area contributed by atoms with E-state index in [1.807, 2.05) is 6.07 Å². The van der Waals surface area contributed by atoms with E-state index >= 15 is 0 Å². The Bertz CT molecular complexity index is 1110. The number of hydrogen-bond donors (Lipinski definition) is 1. The van der Waals surface area contributed by atoms with Gasteiger partial charge in [0.25, 0.3) is 0 Å². The zero-order chi connectivity index (χ0) is 21.2. The molecule has 0 spiro atoms. The highest BCUT2D eigenvalue weighted by molar-refractivity contribution is 7.94. The molecule has 1 saturated heterocycles. The zero-order valence-electron chi connectivity index (χ0n) is 16.0. The molecule has 1 amide bonds. The molecule has 1 aliphatic heterocycles. The van der Waals surface area contributed by atoms with Crippen LogP contribution < -0.4 is 13.8 Å². The van der Waals surface area contributed by atoms with E-state index in [0.29, 0.717) is 4.31 Å². The van der Waals surface area contributed by atoms with Crippen LogP contribution in [0.4, 0.5) is 5.69 Å². The van der Waals surface area contributed by atoms with Crippen LogP contribution in [-0.4, -0.2) is 35.1 Å². The quantitative estimate of drug-likeness (QED) is 0.707. The summed E-state index contributed by atoms with van der Waals surface area (Å²) in [5, 5.41) is 0. The molecule has 156 valence electrons. The molecule has 1 fully saturated rings. The summed E-state index contributed by atoms with van der Waals surface area (Å²) in [4.78, 5) is 12.1. The fourth-order valence-electron chi connectivity index (χ4n) is 3.05. The minimum atomic E-state index is -4.04. The topological polar surface area (TPSA) is 110 Å². The maximum Gasteiger partial charge on any atom is 0.244 e. The van der Waals surface area contributed by atoms with Crippen LogP contribution in [-0.2, 0) is 31.4 Å². The Labute approximate surface area is 170 Å². The van der Waals surface area contributed by atoms with E-state index in [1.54, 1.807) is 31.2 Å². The number of sulfonamides is 2. The highest BCUT2D eigenvalue weighted by atomic mass is 32.2. The van der Waals surface area contributed by atoms with Gasteiger partial charge in [0.1, 0.15) is 10.6 Å². The Morgan fingerprint density at radius 3 is 2.45 bits per heavy atom. The lowest BCUT2D eigenvalue weighted by atomic mass is 10.2. The summed E-state index contributed by atoms with van der Waals surface area (Å²) in [5.41, 5.74) is 0.735. The predicted molar refractivity (Wildman–Crippen MR) is 109 cm³/mol. The van der Waals surface area contributed by atoms with Gasteiger partial charge in [0.15, 0.2) is 0 Å². The molecule has 1 atom stereocenters. The number of carbonyl (C=O) groups excluding carboxylic acids is 1. The number of nitrogens with zero attached hydrogens (tertiary/aromatic N) is 1. The summed E-state index contributed by atoms with van der Waals surface area (Å²) in [6.07, 6.45) is 0. The number of rotatable bonds is 7. The van der Waals surface area contributed by atoms with Gasteiger partial charge < -0.3 is 4.74 Å². The van der Waals surface area contributed by atoms with Crippen LogP contribution in [0.15, 0.2) is 53.4 Å². The second-order valence-electron chi connectivity index (χ2n) is 6.66. The second kappa shape index (κ2) is 8.13. The lowest BCUT2D eigenvalue weighted by Gasteiger charge is -2.18. The number of carbonyl (C=O) groups is 1. The van der Waals surface area contributed by atoms with E-state index in [2.05, 4.69) is 4.72 Å². The van der Waals surface area contributed by atoms with Crippen molar-refractivity contribution in [1.29, 1.82) is 0 Å². The molecular formula is C19H22N2O6S2. The minimum Gasteiger partial charge on any atom is -0.492 e. The molecule has 0 saturated carbocycles. The van der Waals surface area contributed by atoms with Crippen LogP contribution in [0.5, 0.6) is 5.75 Å². The van der Waals surface area contributed by atoms with E-state index in [-0.39, 0.29) is 35.2 Å². The van der Waals surface area contributed by atoms with Crippen molar-refractivity contribution in [3.8, 4) is 5.75 Å². The van der Waals surface area contributed by atoms with Gasteiger partial charge in [0, 0.05) is 6.54 Å². The van der Waals surface area contributed by atoms with Crippen LogP contribution in [0.25, 0.3) is 0 Å². The average Bonchev–Trinajstić information content (AvgIpc) is 2.88. The lowest BCUT2D eigenvalue weighted by Crippen LogP contribution is -2.31. The lowest BCUT2D eigenvalue weighted by molar-refractivity contribution is -0.119. The van der Waals surface area contributed by atoms with E-state index in [9.17, 15) is 21.6 Å². The van der Waals surface area contributed by atoms with Crippen LogP contribution in [0.1, 0.15) is 19.4 Å². The maximum absolute atomic E-state index is 12.9. The van der Waals surface area contributed by atoms with E-state index in [1.165, 1.54) is 19.1 Å². The van der Waals surface area contributed by atoms with Crippen LogP contribution in [0.3, 0.4) is 0 Å². The largest absolute Gasteiger partial charge is 0.492 e. The first kappa shape index (κ1) is 21.3. The van der Waals surface area contributed by atoms with E-state index in [4.69, 9.17) is 4.74 Å². The Balaban J connectivity index is 2.00. The molecule has 0 aliphatic carbocycles. The van der Waals surface area contributed by atoms with Crippen molar-refractivity contribution in [3.63, 3.8) is 0 Å². The van der Waals surface area contributed by atoms with Gasteiger partial charge in [0.2, 0.25) is 26.0 Å². The van der Waals surface area contributed by atoms with Gasteiger partial charge in [-0.15, -0.1) is 0 Å². The Hall–Kier alpha value is -2.43. The predicted octanol–water partition coefficient (Wildman–Crippen LogP) is 1.88. The number of amides is 1. The molecule has 1 N–H and O–H groups in total. The highest BCUT2D eigenvalue weighted by Crippen LogP contribution is 2.34. The van der Waals surface area contributed by atoms with Gasteiger partial charge in [-0.1, -0.05) is 37.3 Å². The molecule has 0 bridgehead atoms. The average molecular weight is 439 g/mol. The summed E-state index contributed by atoms with van der Waals surface area (Å²) in [6, 6.07) is 12.9. The Kier molecular flexibility index (Phi) is 5.97. The number of benzene rings is 2. The first-order chi connectivity index (χ1) is 13.7. The monoisotopic (exact) mass is 438 g/mol. The third kappa shape index (κ3) is 4.44. The van der Waals surface area contributed by atoms with Crippen molar-refractivity contribution >= 4 is 31.6 Å². The first-order valence-corrected chi connectivity index (χ1v) is 12.1. The Morgan fingerprint density at radius 2 is 1.86 bits per heavy atom. The summed E-state index contributed by atoms with van der Waals surface area (Å²) in [5.74, 6) is -1.51. The van der Waals surface area contributed by atoms with Crippen molar-refractivity contribution in [2.45, 2.75) is 25.3 Å². The van der Waals surface area contributed by atoms with Crippen molar-refractivity contribution in [2.75, 3.05) is 16.7 Å². The van der Waals surface area contributed by atoms with Crippen molar-refractivity contribution in [3.05, 3.63) is 54.1 Å². The molecule has 3 rings (SSSR count). The first-order valence-electron chi connectivity index (χ1n) is 9.03. The zero-order valence-corrected chi connectivity index (χ0v) is 17.7. The SMILES string of the molecule is CCOc1ccc(N2C(=O)C(C)CS2(=O)=O)cc1S(=O)(=O)NCc1ccccc1. The smallest absolute Gasteiger partial charge is 0.244 e. The molecule has 10 heteroatoms. The maximum atomic E-state index is 12.9. The van der Waals surface area contributed by atoms with Crippen molar-refractivity contribution in [1.82, 2.24) is 4.72 Å². The number of nitrogens with one attached hydrogen (secondary N) is 1. The van der Waals surface area contributed by atoms with Gasteiger partial charge in [-0.25, -0.2) is 25.9 Å². The number of ether oxygens (including phenoxy) is 1. The summed E-state index contributed by atoms with van der Waals surface area (Å²) < 4.78 is 59.2. The molecule has 29 heavy (non-hydrogen) atoms. The van der Waals surface area contributed by atoms with Crippen molar-refractivity contribution in [2.24, 2.45) is 5.92 Å². The molecule has 8 nitrogen and oxygen atoms in total. The number of hydrogen-bond acceptors (Lipinski definition) is 6. The third-order valence-electron chi connectivity index (χ3n) is 4.42. The van der Waals surface area contributed by atoms with Gasteiger partial charge in [-0.05, 0) is 30.7 Å². The van der Waals surface area contributed by atoms with Crippen LogP contribution >= 0.6 is 0 Å². The molecule has 1 unspecified atom stereocenters. The van der Waals surface area contributed by atoms with E-state index in [0.717, 1.165) is 11.6 Å². The molecule has 1 aliphatic rings. The second-order valence-corrected chi connectivity index (χ2v) is 10.3. The van der Waals surface area contributed by atoms with Gasteiger partial charge in [-0.2, -0.15) is 0 Å². The summed E-state index contributed by atoms with van der Waals surface area (Å²) >= 11 is 0. The molecule has 1 heterocycles. The van der Waals surface area contributed by atoms with Crippen molar-refractivity contribution < 1.29 is 26.4 Å². The fraction of sp³-hybridized carbons (Fsp3) is 0.316. The highest BCUT2D eigenvalue weighted by Gasteiger charge is 2.42. The molecule has 2 aromatic carbocycles. The molecule has 2 aromatic rings. The summed E-state index contributed by atoms with van der Waals surface area (Å²) in [7, 11) is -7.89. The Morgan fingerprint density at radius 1 is 1.17 bits per heavy atom. The molecular weight excluding hydrogens is 416 g/mol. The fourth-order valence-corrected chi connectivity index (χ4v) is 6.04. The van der Waals surface area contributed by atoms with Gasteiger partial charge >= 0.3 is 0 Å². The minimum absolute atomic E-state index is 0.0251.